The van der Waals surface area contributed by atoms with Crippen molar-refractivity contribution in [3.63, 3.8) is 0 Å². The molecule has 0 amide bonds. The molecule has 1 rings (SSSR count). The smallest absolute Gasteiger partial charge is 0.181 e. The summed E-state index contributed by atoms with van der Waals surface area (Å²) in [4.78, 5) is 0. The molecular weight excluding hydrogens is 156 g/mol. The quantitative estimate of drug-likeness (QED) is 0.492. The molecule has 0 bridgehead atoms. The molecule has 0 aromatic heterocycles. The van der Waals surface area contributed by atoms with Gasteiger partial charge in [-0.25, -0.2) is 5.11 Å². The summed E-state index contributed by atoms with van der Waals surface area (Å²) < 4.78 is 9.82. The molecule has 3 nitrogen and oxygen atoms in total. The Morgan fingerprint density at radius 3 is 2.50 bits per heavy atom. The minimum atomic E-state index is -0.502. The van der Waals surface area contributed by atoms with Crippen molar-refractivity contribution in [2.24, 2.45) is 0 Å². The number of hydrogen-bond acceptors (Lipinski definition) is 2. The molecule has 3 heteroatoms. The Balaban J connectivity index is 2.16. The normalized spacial score (nSPS) is 9.75. The number of ether oxygens (including phenoxy) is 2. The molecule has 1 radical (unpaired) electrons. The molecule has 1 aromatic carbocycles. The van der Waals surface area contributed by atoms with Crippen molar-refractivity contribution in [3.05, 3.63) is 30.3 Å². The third kappa shape index (κ3) is 3.37. The van der Waals surface area contributed by atoms with E-state index in [0.717, 1.165) is 5.75 Å². The molecule has 0 aliphatic heterocycles. The van der Waals surface area contributed by atoms with E-state index in [1.54, 1.807) is 0 Å². The number of para-hydroxylation sites is 1. The Kier molecular flexibility index (Phi) is 4.19. The second-order valence-corrected chi connectivity index (χ2v) is 2.19. The lowest BCUT2D eigenvalue weighted by Crippen LogP contribution is -2.06. The molecule has 0 spiro atoms. The Morgan fingerprint density at radius 1 is 1.08 bits per heavy atom. The van der Waals surface area contributed by atoms with E-state index in [0.29, 0.717) is 13.2 Å². The van der Waals surface area contributed by atoms with Gasteiger partial charge in [-0.1, -0.05) is 18.2 Å². The molecule has 0 aliphatic carbocycles. The van der Waals surface area contributed by atoms with Crippen molar-refractivity contribution in [1.82, 2.24) is 0 Å². The molecule has 0 fully saturated rings. The topological polar surface area (TPSA) is 38.4 Å². The van der Waals surface area contributed by atoms with Crippen molar-refractivity contribution in [2.75, 3.05) is 20.0 Å². The Hall–Kier alpha value is -1.06. The van der Waals surface area contributed by atoms with Crippen LogP contribution in [0.1, 0.15) is 0 Å². The fourth-order valence-corrected chi connectivity index (χ4v) is 0.794. The lowest BCUT2D eigenvalue weighted by atomic mass is 10.3. The predicted molar refractivity (Wildman–Crippen MR) is 43.4 cm³/mol. The fourth-order valence-electron chi connectivity index (χ4n) is 0.794. The molecule has 0 N–H and O–H groups in total. The number of benzene rings is 1. The molecule has 0 unspecified atom stereocenters. The number of rotatable bonds is 5. The maximum Gasteiger partial charge on any atom is 0.181 e. The van der Waals surface area contributed by atoms with Crippen LogP contribution < -0.4 is 4.74 Å². The van der Waals surface area contributed by atoms with Gasteiger partial charge in [0.2, 0.25) is 0 Å². The van der Waals surface area contributed by atoms with Gasteiger partial charge in [0.15, 0.2) is 6.79 Å². The van der Waals surface area contributed by atoms with Gasteiger partial charge in [0.05, 0.1) is 6.61 Å². The van der Waals surface area contributed by atoms with Crippen LogP contribution >= 0.6 is 0 Å². The molecule has 12 heavy (non-hydrogen) atoms. The summed E-state index contributed by atoms with van der Waals surface area (Å²) in [6.45, 7) is 0.267. The minimum Gasteiger partial charge on any atom is -0.491 e. The van der Waals surface area contributed by atoms with Gasteiger partial charge in [0.1, 0.15) is 12.4 Å². The summed E-state index contributed by atoms with van der Waals surface area (Å²) in [5, 5.41) is 9.86. The van der Waals surface area contributed by atoms with Crippen LogP contribution in [0, 0.1) is 0 Å². The van der Waals surface area contributed by atoms with E-state index in [-0.39, 0.29) is 0 Å². The van der Waals surface area contributed by atoms with E-state index in [1.165, 1.54) is 0 Å². The van der Waals surface area contributed by atoms with Gasteiger partial charge >= 0.3 is 0 Å². The Bertz CT molecular complexity index is 198. The van der Waals surface area contributed by atoms with Gasteiger partial charge in [-0.15, -0.1) is 0 Å². The molecule has 0 heterocycles. The van der Waals surface area contributed by atoms with Gasteiger partial charge in [-0.2, -0.15) is 0 Å². The first-order chi connectivity index (χ1) is 5.93. The summed E-state index contributed by atoms with van der Waals surface area (Å²) in [5.74, 6) is 0.798. The average Bonchev–Trinajstić information content (AvgIpc) is 2.14. The first-order valence-electron chi connectivity index (χ1n) is 3.77. The van der Waals surface area contributed by atoms with Gasteiger partial charge in [-0.05, 0) is 12.1 Å². The highest BCUT2D eigenvalue weighted by Crippen LogP contribution is 2.07. The minimum absolute atomic E-state index is 0.346. The zero-order chi connectivity index (χ0) is 8.65. The van der Waals surface area contributed by atoms with Crippen molar-refractivity contribution >= 4 is 0 Å². The number of hydrogen-bond donors (Lipinski definition) is 0. The van der Waals surface area contributed by atoms with E-state index >= 15 is 0 Å². The van der Waals surface area contributed by atoms with Crippen LogP contribution in [-0.2, 0) is 9.84 Å². The van der Waals surface area contributed by atoms with Crippen LogP contribution in [0.4, 0.5) is 0 Å². The van der Waals surface area contributed by atoms with Gasteiger partial charge in [0.25, 0.3) is 0 Å². The lowest BCUT2D eigenvalue weighted by molar-refractivity contribution is -0.0513. The van der Waals surface area contributed by atoms with Crippen molar-refractivity contribution in [1.29, 1.82) is 0 Å². The standard InChI is InChI=1S/C9H11O3/c10-8-11-6-7-12-9-4-2-1-3-5-9/h1-5H,6-8H2. The third-order valence-electron chi connectivity index (χ3n) is 1.32. The lowest BCUT2D eigenvalue weighted by Gasteiger charge is -2.04. The van der Waals surface area contributed by atoms with Crippen LogP contribution in [0.5, 0.6) is 5.75 Å². The largest absolute Gasteiger partial charge is 0.491 e. The van der Waals surface area contributed by atoms with E-state index in [2.05, 4.69) is 4.74 Å². The first-order valence-corrected chi connectivity index (χ1v) is 3.77. The molecule has 0 saturated carbocycles. The highest BCUT2D eigenvalue weighted by molar-refractivity contribution is 5.20. The van der Waals surface area contributed by atoms with E-state index in [4.69, 9.17) is 4.74 Å². The summed E-state index contributed by atoms with van der Waals surface area (Å²) in [5.41, 5.74) is 0. The highest BCUT2D eigenvalue weighted by Gasteiger charge is 1.90. The zero-order valence-electron chi connectivity index (χ0n) is 6.73. The van der Waals surface area contributed by atoms with Gasteiger partial charge in [-0.3, -0.25) is 0 Å². The summed E-state index contributed by atoms with van der Waals surface area (Å²) in [7, 11) is 0. The van der Waals surface area contributed by atoms with Crippen LogP contribution in [0.3, 0.4) is 0 Å². The first kappa shape index (κ1) is 9.03. The monoisotopic (exact) mass is 167 g/mol. The van der Waals surface area contributed by atoms with E-state index in [1.807, 2.05) is 30.3 Å². The fraction of sp³-hybridized carbons (Fsp3) is 0.333. The Morgan fingerprint density at radius 2 is 1.83 bits per heavy atom. The van der Waals surface area contributed by atoms with Crippen molar-refractivity contribution in [3.8, 4) is 5.75 Å². The molecule has 65 valence electrons. The zero-order valence-corrected chi connectivity index (χ0v) is 6.73. The van der Waals surface area contributed by atoms with E-state index in [9.17, 15) is 5.11 Å². The third-order valence-corrected chi connectivity index (χ3v) is 1.32. The second kappa shape index (κ2) is 5.57. The molecule has 0 saturated heterocycles. The summed E-state index contributed by atoms with van der Waals surface area (Å²) >= 11 is 0. The summed E-state index contributed by atoms with van der Waals surface area (Å²) in [6, 6.07) is 9.42. The van der Waals surface area contributed by atoms with Crippen LogP contribution in [-0.4, -0.2) is 20.0 Å². The molecule has 1 aromatic rings. The van der Waals surface area contributed by atoms with Gasteiger partial charge < -0.3 is 9.47 Å². The summed E-state index contributed by atoms with van der Waals surface area (Å²) in [6.07, 6.45) is 0. The van der Waals surface area contributed by atoms with Crippen LogP contribution in [0.2, 0.25) is 0 Å². The van der Waals surface area contributed by atoms with Crippen molar-refractivity contribution in [2.45, 2.75) is 0 Å². The maximum atomic E-state index is 9.86. The highest BCUT2D eigenvalue weighted by atomic mass is 16.6. The SMILES string of the molecule is [O]COCCOc1ccccc1. The average molecular weight is 167 g/mol. The van der Waals surface area contributed by atoms with Gasteiger partial charge in [0, 0.05) is 0 Å². The van der Waals surface area contributed by atoms with Crippen molar-refractivity contribution < 1.29 is 14.6 Å². The second-order valence-electron chi connectivity index (χ2n) is 2.19. The molecule has 0 aliphatic rings. The maximum absolute atomic E-state index is 9.86. The van der Waals surface area contributed by atoms with Crippen LogP contribution in [0.15, 0.2) is 30.3 Å². The van der Waals surface area contributed by atoms with E-state index < -0.39 is 6.79 Å². The molecular formula is C9H11O3. The van der Waals surface area contributed by atoms with Crippen LogP contribution in [0.25, 0.3) is 0 Å². The predicted octanol–water partition coefficient (Wildman–Crippen LogP) is 1.47. The Labute approximate surface area is 71.5 Å². The molecule has 0 atom stereocenters.